The third-order valence-electron chi connectivity index (χ3n) is 2.95. The molecule has 2 rings (SSSR count). The summed E-state index contributed by atoms with van der Waals surface area (Å²) in [5, 5.41) is 6.43. The topological polar surface area (TPSA) is 68.2 Å². The molecule has 2 N–H and O–H groups in total. The zero-order valence-electron chi connectivity index (χ0n) is 11.3. The summed E-state index contributed by atoms with van der Waals surface area (Å²) in [6, 6.07) is 0.480. The molecule has 0 aromatic carbocycles. The van der Waals surface area contributed by atoms with Gasteiger partial charge in [-0.15, -0.1) is 4.73 Å². The Morgan fingerprint density at radius 2 is 2.28 bits per heavy atom. The van der Waals surface area contributed by atoms with E-state index in [0.29, 0.717) is 25.0 Å². The molecule has 1 atom stereocenters. The summed E-state index contributed by atoms with van der Waals surface area (Å²) in [4.78, 5) is 21.9. The molecule has 1 aliphatic heterocycles. The van der Waals surface area contributed by atoms with E-state index in [0.717, 1.165) is 11.3 Å². The van der Waals surface area contributed by atoms with Crippen molar-refractivity contribution >= 4 is 5.95 Å². The van der Waals surface area contributed by atoms with Gasteiger partial charge in [-0.05, 0) is 27.2 Å². The molecule has 0 spiro atoms. The quantitative estimate of drug-likeness (QED) is 0.802. The normalized spacial score (nSPS) is 18.6. The minimum atomic E-state index is -0.112. The average molecular weight is 252 g/mol. The van der Waals surface area contributed by atoms with Crippen LogP contribution in [0.25, 0.3) is 0 Å². The van der Waals surface area contributed by atoms with Crippen LogP contribution in [0, 0.1) is 0 Å². The van der Waals surface area contributed by atoms with E-state index in [1.807, 2.05) is 13.8 Å². The Labute approximate surface area is 106 Å². The number of aromatic nitrogens is 2. The summed E-state index contributed by atoms with van der Waals surface area (Å²) in [5.41, 5.74) is 1.45. The van der Waals surface area contributed by atoms with Gasteiger partial charge in [0, 0.05) is 24.2 Å². The fourth-order valence-corrected chi connectivity index (χ4v) is 2.10. The average Bonchev–Trinajstić information content (AvgIpc) is 2.30. The predicted octanol–water partition coefficient (Wildman–Crippen LogP) is 0.156. The maximum Gasteiger partial charge on any atom is 0.291 e. The highest BCUT2D eigenvalue weighted by atomic mass is 16.7. The Kier molecular flexibility index (Phi) is 3.56. The molecule has 100 valence electrons. The molecule has 18 heavy (non-hydrogen) atoms. The first kappa shape index (κ1) is 12.9. The molecule has 0 radical (unpaired) electrons. The van der Waals surface area contributed by atoms with E-state index in [1.54, 1.807) is 0 Å². The lowest BCUT2D eigenvalue weighted by Gasteiger charge is -2.24. The Hall–Kier alpha value is -1.56. The minimum Gasteiger partial charge on any atom is -0.411 e. The maximum atomic E-state index is 12.3. The van der Waals surface area contributed by atoms with Crippen molar-refractivity contribution in [3.8, 4) is 0 Å². The number of nitrogens with one attached hydrogen (secondary N) is 2. The van der Waals surface area contributed by atoms with Crippen LogP contribution in [-0.4, -0.2) is 28.9 Å². The van der Waals surface area contributed by atoms with E-state index < -0.39 is 0 Å². The summed E-state index contributed by atoms with van der Waals surface area (Å²) in [7, 11) is 1.48. The number of fused-ring (bicyclic) bond motifs is 1. The van der Waals surface area contributed by atoms with Gasteiger partial charge in [0.15, 0.2) is 0 Å². The molecule has 0 unspecified atom stereocenters. The fourth-order valence-electron chi connectivity index (χ4n) is 2.10. The van der Waals surface area contributed by atoms with Crippen molar-refractivity contribution in [1.29, 1.82) is 0 Å². The third kappa shape index (κ3) is 2.33. The van der Waals surface area contributed by atoms with Crippen LogP contribution in [0.4, 0.5) is 5.95 Å². The fraction of sp³-hybridized carbons (Fsp3) is 0.667. The molecule has 6 nitrogen and oxygen atoms in total. The lowest BCUT2D eigenvalue weighted by atomic mass is 10.0. The van der Waals surface area contributed by atoms with Crippen molar-refractivity contribution < 1.29 is 4.84 Å². The van der Waals surface area contributed by atoms with E-state index in [4.69, 9.17) is 4.84 Å². The van der Waals surface area contributed by atoms with E-state index in [-0.39, 0.29) is 11.6 Å². The lowest BCUT2D eigenvalue weighted by molar-refractivity contribution is 0.157. The molecule has 0 amide bonds. The van der Waals surface area contributed by atoms with E-state index >= 15 is 0 Å². The molecule has 2 heterocycles. The first-order valence-electron chi connectivity index (χ1n) is 6.22. The standard InChI is InChI=1S/C12H20N4O2/c1-7(2)14-12-15-10-6-13-8(3)5-9(10)11(17)16(12)18-4/h7-8,13H,5-6H2,1-4H3,(H,14,15)/t8-/m1/s1. The number of hydrogen-bond donors (Lipinski definition) is 2. The molecular formula is C12H20N4O2. The zero-order chi connectivity index (χ0) is 13.3. The predicted molar refractivity (Wildman–Crippen MR) is 69.8 cm³/mol. The van der Waals surface area contributed by atoms with Gasteiger partial charge in [-0.25, -0.2) is 4.98 Å². The van der Waals surface area contributed by atoms with Gasteiger partial charge in [0.05, 0.1) is 5.69 Å². The van der Waals surface area contributed by atoms with Gasteiger partial charge < -0.3 is 15.5 Å². The van der Waals surface area contributed by atoms with E-state index in [2.05, 4.69) is 22.5 Å². The molecule has 6 heteroatoms. The molecule has 0 saturated carbocycles. The molecular weight excluding hydrogens is 232 g/mol. The van der Waals surface area contributed by atoms with Crippen molar-refractivity contribution in [2.45, 2.75) is 45.8 Å². The Morgan fingerprint density at radius 3 is 2.89 bits per heavy atom. The highest BCUT2D eigenvalue weighted by molar-refractivity contribution is 5.33. The summed E-state index contributed by atoms with van der Waals surface area (Å²) >= 11 is 0. The second kappa shape index (κ2) is 4.97. The monoisotopic (exact) mass is 252 g/mol. The second-order valence-corrected chi connectivity index (χ2v) is 4.93. The number of nitrogens with zero attached hydrogens (tertiary/aromatic N) is 2. The van der Waals surface area contributed by atoms with Gasteiger partial charge >= 0.3 is 0 Å². The Balaban J connectivity index is 2.51. The van der Waals surface area contributed by atoms with Crippen molar-refractivity contribution in [3.63, 3.8) is 0 Å². The molecule has 0 bridgehead atoms. The van der Waals surface area contributed by atoms with Crippen LogP contribution in [0.2, 0.25) is 0 Å². The molecule has 1 aliphatic rings. The third-order valence-corrected chi connectivity index (χ3v) is 2.95. The van der Waals surface area contributed by atoms with Crippen LogP contribution < -0.4 is 21.0 Å². The maximum absolute atomic E-state index is 12.3. The van der Waals surface area contributed by atoms with Gasteiger partial charge in [0.1, 0.15) is 7.11 Å². The molecule has 0 saturated heterocycles. The Bertz CT molecular complexity index is 496. The number of rotatable bonds is 3. The lowest BCUT2D eigenvalue weighted by Crippen LogP contribution is -2.41. The van der Waals surface area contributed by atoms with Gasteiger partial charge in [0.25, 0.3) is 5.56 Å². The molecule has 0 fully saturated rings. The first-order chi connectivity index (χ1) is 8.52. The van der Waals surface area contributed by atoms with E-state index in [9.17, 15) is 4.79 Å². The van der Waals surface area contributed by atoms with Gasteiger partial charge in [-0.3, -0.25) is 4.79 Å². The van der Waals surface area contributed by atoms with Gasteiger partial charge in [-0.2, -0.15) is 0 Å². The van der Waals surface area contributed by atoms with Gasteiger partial charge in [0.2, 0.25) is 5.95 Å². The summed E-state index contributed by atoms with van der Waals surface area (Å²) in [6.45, 7) is 6.67. The largest absolute Gasteiger partial charge is 0.411 e. The van der Waals surface area contributed by atoms with Crippen LogP contribution in [0.5, 0.6) is 0 Å². The summed E-state index contributed by atoms with van der Waals surface area (Å²) < 4.78 is 1.23. The first-order valence-corrected chi connectivity index (χ1v) is 6.22. The number of anilines is 1. The van der Waals surface area contributed by atoms with Crippen molar-refractivity contribution in [2.24, 2.45) is 0 Å². The van der Waals surface area contributed by atoms with Crippen LogP contribution in [0.1, 0.15) is 32.0 Å². The van der Waals surface area contributed by atoms with Crippen molar-refractivity contribution in [3.05, 3.63) is 21.6 Å². The zero-order valence-corrected chi connectivity index (χ0v) is 11.3. The van der Waals surface area contributed by atoms with Crippen molar-refractivity contribution in [2.75, 3.05) is 12.4 Å². The SMILES string of the molecule is COn1c(NC(C)C)nc2c(c1=O)C[C@@H](C)NC2. The Morgan fingerprint density at radius 1 is 1.56 bits per heavy atom. The van der Waals surface area contributed by atoms with Crippen LogP contribution >= 0.6 is 0 Å². The smallest absolute Gasteiger partial charge is 0.291 e. The highest BCUT2D eigenvalue weighted by Crippen LogP contribution is 2.13. The molecule has 0 aliphatic carbocycles. The minimum absolute atomic E-state index is 0.112. The van der Waals surface area contributed by atoms with Crippen LogP contribution in [0.15, 0.2) is 4.79 Å². The van der Waals surface area contributed by atoms with Crippen molar-refractivity contribution in [1.82, 2.24) is 15.0 Å². The number of hydrogen-bond acceptors (Lipinski definition) is 5. The summed E-state index contributed by atoms with van der Waals surface area (Å²) in [6.07, 6.45) is 0.687. The van der Waals surface area contributed by atoms with Crippen LogP contribution in [-0.2, 0) is 13.0 Å². The van der Waals surface area contributed by atoms with Crippen LogP contribution in [0.3, 0.4) is 0 Å². The van der Waals surface area contributed by atoms with Gasteiger partial charge in [-0.1, -0.05) is 0 Å². The highest BCUT2D eigenvalue weighted by Gasteiger charge is 2.22. The summed E-state index contributed by atoms with van der Waals surface area (Å²) in [5.74, 6) is 0.465. The van der Waals surface area contributed by atoms with E-state index in [1.165, 1.54) is 11.8 Å². The molecule has 1 aromatic rings. The molecule has 1 aromatic heterocycles. The second-order valence-electron chi connectivity index (χ2n) is 4.93.